The summed E-state index contributed by atoms with van der Waals surface area (Å²) in [7, 11) is 0. The molecule has 4 N–H and O–H groups in total. The molecule has 0 atom stereocenters. The molecule has 2 heterocycles. The SMILES string of the molecule is Nc1ncccc1NCc1cccc(NC(=O)c2cnc3ccccc3n2)c1. The Morgan fingerprint density at radius 3 is 2.68 bits per heavy atom. The Balaban J connectivity index is 1.46. The number of aromatic nitrogens is 3. The number of hydrogen-bond donors (Lipinski definition) is 3. The van der Waals surface area contributed by atoms with Crippen LogP contribution in [0.15, 0.2) is 73.1 Å². The summed E-state index contributed by atoms with van der Waals surface area (Å²) < 4.78 is 0. The maximum atomic E-state index is 12.5. The highest BCUT2D eigenvalue weighted by Crippen LogP contribution is 2.17. The van der Waals surface area contributed by atoms with Gasteiger partial charge in [-0.05, 0) is 42.0 Å². The Morgan fingerprint density at radius 2 is 1.82 bits per heavy atom. The van der Waals surface area contributed by atoms with Gasteiger partial charge in [-0.1, -0.05) is 24.3 Å². The first-order valence-electron chi connectivity index (χ1n) is 8.75. The number of nitrogens with two attached hydrogens (primary N) is 1. The van der Waals surface area contributed by atoms with E-state index in [1.54, 1.807) is 6.20 Å². The minimum Gasteiger partial charge on any atom is -0.382 e. The lowest BCUT2D eigenvalue weighted by Crippen LogP contribution is -2.14. The van der Waals surface area contributed by atoms with Gasteiger partial charge in [0, 0.05) is 18.4 Å². The van der Waals surface area contributed by atoms with Gasteiger partial charge in [-0.3, -0.25) is 9.78 Å². The fraction of sp³-hybridized carbons (Fsp3) is 0.0476. The summed E-state index contributed by atoms with van der Waals surface area (Å²) in [6, 6.07) is 18.7. The van der Waals surface area contributed by atoms with Gasteiger partial charge in [-0.15, -0.1) is 0 Å². The second kappa shape index (κ2) is 7.71. The van der Waals surface area contributed by atoms with Crippen LogP contribution in [0.2, 0.25) is 0 Å². The molecule has 138 valence electrons. The van der Waals surface area contributed by atoms with E-state index in [0.717, 1.165) is 16.8 Å². The van der Waals surface area contributed by atoms with Gasteiger partial charge < -0.3 is 16.4 Å². The number of fused-ring (bicyclic) bond motifs is 1. The van der Waals surface area contributed by atoms with Crippen molar-refractivity contribution in [3.05, 3.63) is 84.3 Å². The van der Waals surface area contributed by atoms with Crippen molar-refractivity contribution < 1.29 is 4.79 Å². The summed E-state index contributed by atoms with van der Waals surface area (Å²) in [6.07, 6.45) is 3.13. The number of carbonyl (C=O) groups is 1. The molecular weight excluding hydrogens is 352 g/mol. The van der Waals surface area contributed by atoms with E-state index in [9.17, 15) is 4.79 Å². The maximum Gasteiger partial charge on any atom is 0.275 e. The molecule has 0 spiro atoms. The minimum absolute atomic E-state index is 0.269. The number of hydrogen-bond acceptors (Lipinski definition) is 6. The molecule has 0 saturated carbocycles. The van der Waals surface area contributed by atoms with Gasteiger partial charge in [0.2, 0.25) is 0 Å². The summed E-state index contributed by atoms with van der Waals surface area (Å²) in [6.45, 7) is 0.551. The molecule has 0 radical (unpaired) electrons. The van der Waals surface area contributed by atoms with Gasteiger partial charge in [0.25, 0.3) is 5.91 Å². The lowest BCUT2D eigenvalue weighted by Gasteiger charge is -2.10. The molecule has 1 amide bonds. The van der Waals surface area contributed by atoms with E-state index in [-0.39, 0.29) is 11.6 Å². The predicted octanol–water partition coefficient (Wildman–Crippen LogP) is 3.47. The van der Waals surface area contributed by atoms with Crippen LogP contribution in [0.5, 0.6) is 0 Å². The lowest BCUT2D eigenvalue weighted by molar-refractivity contribution is 0.102. The molecule has 0 aliphatic rings. The monoisotopic (exact) mass is 370 g/mol. The molecule has 2 aromatic heterocycles. The zero-order valence-electron chi connectivity index (χ0n) is 15.0. The Labute approximate surface area is 161 Å². The van der Waals surface area contributed by atoms with Gasteiger partial charge in [0.05, 0.1) is 22.9 Å². The first-order valence-corrected chi connectivity index (χ1v) is 8.75. The third-order valence-corrected chi connectivity index (χ3v) is 4.19. The van der Waals surface area contributed by atoms with Crippen molar-refractivity contribution in [1.29, 1.82) is 0 Å². The molecule has 0 bridgehead atoms. The van der Waals surface area contributed by atoms with Crippen LogP contribution in [-0.4, -0.2) is 20.9 Å². The number of para-hydroxylation sites is 2. The van der Waals surface area contributed by atoms with Gasteiger partial charge >= 0.3 is 0 Å². The highest BCUT2D eigenvalue weighted by molar-refractivity contribution is 6.03. The van der Waals surface area contributed by atoms with Crippen LogP contribution >= 0.6 is 0 Å². The summed E-state index contributed by atoms with van der Waals surface area (Å²) in [5.74, 6) is 0.140. The number of rotatable bonds is 5. The van der Waals surface area contributed by atoms with Crippen LogP contribution in [-0.2, 0) is 6.54 Å². The smallest absolute Gasteiger partial charge is 0.275 e. The number of nitrogen functional groups attached to an aromatic ring is 1. The third kappa shape index (κ3) is 3.88. The molecular formula is C21H18N6O. The Hall–Kier alpha value is -4.00. The van der Waals surface area contributed by atoms with Crippen LogP contribution in [0.1, 0.15) is 16.1 Å². The number of anilines is 3. The second-order valence-electron chi connectivity index (χ2n) is 6.19. The van der Waals surface area contributed by atoms with E-state index in [0.29, 0.717) is 23.6 Å². The molecule has 7 heteroatoms. The number of carbonyl (C=O) groups excluding carboxylic acids is 1. The van der Waals surface area contributed by atoms with Crippen molar-refractivity contribution in [1.82, 2.24) is 15.0 Å². The van der Waals surface area contributed by atoms with E-state index >= 15 is 0 Å². The van der Waals surface area contributed by atoms with E-state index in [2.05, 4.69) is 25.6 Å². The number of pyridine rings is 1. The summed E-state index contributed by atoms with van der Waals surface area (Å²) in [5.41, 5.74) is 9.98. The largest absolute Gasteiger partial charge is 0.382 e. The van der Waals surface area contributed by atoms with Crippen molar-refractivity contribution in [3.8, 4) is 0 Å². The molecule has 0 aliphatic carbocycles. The molecule has 0 unspecified atom stereocenters. The molecule has 0 saturated heterocycles. The first-order chi connectivity index (χ1) is 13.7. The number of nitrogens with one attached hydrogen (secondary N) is 2. The van der Waals surface area contributed by atoms with E-state index in [1.165, 1.54) is 6.20 Å². The highest BCUT2D eigenvalue weighted by atomic mass is 16.1. The fourth-order valence-corrected chi connectivity index (χ4v) is 2.79. The van der Waals surface area contributed by atoms with Crippen LogP contribution in [0.3, 0.4) is 0 Å². The van der Waals surface area contributed by atoms with Crippen molar-refractivity contribution >= 4 is 34.1 Å². The van der Waals surface area contributed by atoms with E-state index in [4.69, 9.17) is 5.73 Å². The third-order valence-electron chi connectivity index (χ3n) is 4.19. The predicted molar refractivity (Wildman–Crippen MR) is 110 cm³/mol. The quantitative estimate of drug-likeness (QED) is 0.497. The summed E-state index contributed by atoms with van der Waals surface area (Å²) >= 11 is 0. The Morgan fingerprint density at radius 1 is 0.964 bits per heavy atom. The molecule has 4 aromatic rings. The van der Waals surface area contributed by atoms with Crippen LogP contribution in [0, 0.1) is 0 Å². The van der Waals surface area contributed by atoms with E-state index < -0.39 is 0 Å². The molecule has 0 fully saturated rings. The zero-order chi connectivity index (χ0) is 19.3. The first kappa shape index (κ1) is 17.4. The zero-order valence-corrected chi connectivity index (χ0v) is 15.0. The van der Waals surface area contributed by atoms with Crippen LogP contribution in [0.25, 0.3) is 11.0 Å². The van der Waals surface area contributed by atoms with Crippen molar-refractivity contribution in [2.24, 2.45) is 0 Å². The Bertz CT molecular complexity index is 1140. The number of nitrogens with zero attached hydrogens (tertiary/aromatic N) is 3. The second-order valence-corrected chi connectivity index (χ2v) is 6.19. The standard InChI is InChI=1S/C21H18N6O/c22-20-18(9-4-10-23-20)24-12-14-5-3-6-15(11-14)26-21(28)19-13-25-16-7-1-2-8-17(16)27-19/h1-11,13,24H,12H2,(H2,22,23)(H,26,28). The maximum absolute atomic E-state index is 12.5. The van der Waals surface area contributed by atoms with Gasteiger partial charge in [-0.2, -0.15) is 0 Å². The summed E-state index contributed by atoms with van der Waals surface area (Å²) in [5, 5.41) is 6.11. The van der Waals surface area contributed by atoms with Gasteiger partial charge in [0.1, 0.15) is 11.5 Å². The average molecular weight is 370 g/mol. The molecule has 4 rings (SSSR count). The van der Waals surface area contributed by atoms with E-state index in [1.807, 2.05) is 60.7 Å². The normalized spacial score (nSPS) is 10.6. The number of amides is 1. The van der Waals surface area contributed by atoms with Crippen molar-refractivity contribution in [2.45, 2.75) is 6.54 Å². The topological polar surface area (TPSA) is 106 Å². The average Bonchev–Trinajstić information content (AvgIpc) is 2.73. The van der Waals surface area contributed by atoms with Crippen molar-refractivity contribution in [3.63, 3.8) is 0 Å². The minimum atomic E-state index is -0.306. The molecule has 2 aromatic carbocycles. The van der Waals surface area contributed by atoms with Crippen LogP contribution in [0.4, 0.5) is 17.2 Å². The molecule has 28 heavy (non-hydrogen) atoms. The van der Waals surface area contributed by atoms with Crippen LogP contribution < -0.4 is 16.4 Å². The molecule has 7 nitrogen and oxygen atoms in total. The molecule has 0 aliphatic heterocycles. The van der Waals surface area contributed by atoms with Gasteiger partial charge in [0.15, 0.2) is 0 Å². The van der Waals surface area contributed by atoms with Gasteiger partial charge in [-0.25, -0.2) is 9.97 Å². The summed E-state index contributed by atoms with van der Waals surface area (Å²) in [4.78, 5) is 25.2. The Kier molecular flexibility index (Phi) is 4.79. The fourth-order valence-electron chi connectivity index (χ4n) is 2.79. The van der Waals surface area contributed by atoms with Crippen molar-refractivity contribution in [2.75, 3.05) is 16.4 Å². The highest BCUT2D eigenvalue weighted by Gasteiger charge is 2.10. The lowest BCUT2D eigenvalue weighted by atomic mass is 10.2. The number of benzene rings is 2.